The van der Waals surface area contributed by atoms with Gasteiger partial charge < -0.3 is 14.8 Å². The van der Waals surface area contributed by atoms with E-state index in [4.69, 9.17) is 9.47 Å². The first kappa shape index (κ1) is 13.5. The quantitative estimate of drug-likeness (QED) is 0.531. The van der Waals surface area contributed by atoms with E-state index in [2.05, 4.69) is 12.2 Å². The van der Waals surface area contributed by atoms with E-state index in [0.29, 0.717) is 25.7 Å². The Labute approximate surface area is 97.7 Å². The summed E-state index contributed by atoms with van der Waals surface area (Å²) < 4.78 is 10.7. The van der Waals surface area contributed by atoms with E-state index in [1.165, 1.54) is 0 Å². The number of ether oxygens (including phenoxy) is 2. The molecule has 0 saturated carbocycles. The van der Waals surface area contributed by atoms with Crippen molar-refractivity contribution in [1.82, 2.24) is 5.32 Å². The van der Waals surface area contributed by atoms with Crippen molar-refractivity contribution in [2.24, 2.45) is 0 Å². The van der Waals surface area contributed by atoms with E-state index in [-0.39, 0.29) is 5.97 Å². The second kappa shape index (κ2) is 8.53. The van der Waals surface area contributed by atoms with Crippen LogP contribution in [0.5, 0.6) is 0 Å². The van der Waals surface area contributed by atoms with Crippen molar-refractivity contribution in [1.29, 1.82) is 0 Å². The Kier molecular flexibility index (Phi) is 7.17. The Morgan fingerprint density at radius 1 is 1.31 bits per heavy atom. The summed E-state index contributed by atoms with van der Waals surface area (Å²) in [6.45, 7) is 5.16. The summed E-state index contributed by atoms with van der Waals surface area (Å²) in [7, 11) is 0. The van der Waals surface area contributed by atoms with Gasteiger partial charge in [0.05, 0.1) is 25.7 Å². The van der Waals surface area contributed by atoms with Crippen LogP contribution in [0.25, 0.3) is 0 Å². The average molecular weight is 229 g/mol. The highest BCUT2D eigenvalue weighted by Crippen LogP contribution is 2.07. The second-order valence-electron chi connectivity index (χ2n) is 4.14. The SMILES string of the molecule is CCCCOC(=O)CCOC1CCNCC1. The lowest BCUT2D eigenvalue weighted by Crippen LogP contribution is -2.32. The molecule has 94 valence electrons. The maximum atomic E-state index is 11.2. The van der Waals surface area contributed by atoms with Crippen molar-refractivity contribution in [3.8, 4) is 0 Å². The normalized spacial score (nSPS) is 17.3. The minimum atomic E-state index is -0.137. The third-order valence-corrected chi connectivity index (χ3v) is 2.71. The fraction of sp³-hybridized carbons (Fsp3) is 0.917. The van der Waals surface area contributed by atoms with Crippen molar-refractivity contribution in [2.45, 2.75) is 45.1 Å². The molecule has 1 aliphatic rings. The first-order chi connectivity index (χ1) is 7.83. The number of nitrogens with one attached hydrogen (secondary N) is 1. The van der Waals surface area contributed by atoms with Crippen molar-refractivity contribution in [2.75, 3.05) is 26.3 Å². The number of piperidine rings is 1. The largest absolute Gasteiger partial charge is 0.466 e. The van der Waals surface area contributed by atoms with Crippen LogP contribution in [-0.4, -0.2) is 38.4 Å². The molecule has 0 radical (unpaired) electrons. The van der Waals surface area contributed by atoms with Crippen LogP contribution < -0.4 is 5.32 Å². The van der Waals surface area contributed by atoms with Gasteiger partial charge in [0.1, 0.15) is 0 Å². The topological polar surface area (TPSA) is 47.6 Å². The van der Waals surface area contributed by atoms with Gasteiger partial charge in [-0.1, -0.05) is 13.3 Å². The minimum Gasteiger partial charge on any atom is -0.466 e. The van der Waals surface area contributed by atoms with Gasteiger partial charge in [-0.05, 0) is 32.4 Å². The molecule has 0 atom stereocenters. The zero-order chi connectivity index (χ0) is 11.6. The van der Waals surface area contributed by atoms with E-state index in [1.54, 1.807) is 0 Å². The highest BCUT2D eigenvalue weighted by molar-refractivity contribution is 5.69. The molecule has 0 aliphatic carbocycles. The van der Waals surface area contributed by atoms with Gasteiger partial charge in [-0.25, -0.2) is 0 Å². The smallest absolute Gasteiger partial charge is 0.308 e. The number of hydrogen-bond acceptors (Lipinski definition) is 4. The number of hydrogen-bond donors (Lipinski definition) is 1. The maximum absolute atomic E-state index is 11.2. The van der Waals surface area contributed by atoms with E-state index >= 15 is 0 Å². The highest BCUT2D eigenvalue weighted by Gasteiger charge is 2.13. The van der Waals surface area contributed by atoms with Gasteiger partial charge >= 0.3 is 5.97 Å². The standard InChI is InChI=1S/C12H23NO3/c1-2-3-9-16-12(14)6-10-15-11-4-7-13-8-5-11/h11,13H,2-10H2,1H3. The molecule has 1 N–H and O–H groups in total. The Hall–Kier alpha value is -0.610. The molecule has 1 saturated heterocycles. The number of esters is 1. The molecule has 16 heavy (non-hydrogen) atoms. The predicted octanol–water partition coefficient (Wildman–Crippen LogP) is 1.49. The Morgan fingerprint density at radius 2 is 2.06 bits per heavy atom. The van der Waals surface area contributed by atoms with Gasteiger partial charge in [-0.2, -0.15) is 0 Å². The molecule has 1 aliphatic heterocycles. The van der Waals surface area contributed by atoms with Crippen LogP contribution in [0, 0.1) is 0 Å². The third kappa shape index (κ3) is 6.08. The molecule has 0 amide bonds. The molecule has 0 spiro atoms. The molecule has 0 aromatic rings. The summed E-state index contributed by atoms with van der Waals surface area (Å²) in [6, 6.07) is 0. The number of carbonyl (C=O) groups is 1. The van der Waals surface area contributed by atoms with Crippen LogP contribution in [0.1, 0.15) is 39.0 Å². The molecule has 1 heterocycles. The van der Waals surface area contributed by atoms with Crippen LogP contribution >= 0.6 is 0 Å². The lowest BCUT2D eigenvalue weighted by molar-refractivity contribution is -0.145. The van der Waals surface area contributed by atoms with E-state index in [1.807, 2.05) is 0 Å². The summed E-state index contributed by atoms with van der Waals surface area (Å²) in [5.41, 5.74) is 0. The zero-order valence-corrected chi connectivity index (χ0v) is 10.2. The van der Waals surface area contributed by atoms with Crippen molar-refractivity contribution in [3.05, 3.63) is 0 Å². The lowest BCUT2D eigenvalue weighted by Gasteiger charge is -2.22. The van der Waals surface area contributed by atoms with E-state index in [9.17, 15) is 4.79 Å². The Morgan fingerprint density at radius 3 is 2.75 bits per heavy atom. The van der Waals surface area contributed by atoms with Gasteiger partial charge in [0.15, 0.2) is 0 Å². The number of unbranched alkanes of at least 4 members (excludes halogenated alkanes) is 1. The summed E-state index contributed by atoms with van der Waals surface area (Å²) in [5, 5.41) is 3.28. The minimum absolute atomic E-state index is 0.137. The molecule has 4 heteroatoms. The fourth-order valence-corrected chi connectivity index (χ4v) is 1.67. The zero-order valence-electron chi connectivity index (χ0n) is 10.2. The molecule has 0 bridgehead atoms. The van der Waals surface area contributed by atoms with Crippen molar-refractivity contribution in [3.63, 3.8) is 0 Å². The van der Waals surface area contributed by atoms with Gasteiger partial charge in [-0.3, -0.25) is 4.79 Å². The van der Waals surface area contributed by atoms with Gasteiger partial charge in [0.2, 0.25) is 0 Å². The highest BCUT2D eigenvalue weighted by atomic mass is 16.5. The Balaban J connectivity index is 1.94. The summed E-state index contributed by atoms with van der Waals surface area (Å²) in [6.07, 6.45) is 4.80. The second-order valence-corrected chi connectivity index (χ2v) is 4.14. The van der Waals surface area contributed by atoms with Crippen LogP contribution in [0.3, 0.4) is 0 Å². The monoisotopic (exact) mass is 229 g/mol. The molecule has 1 fully saturated rings. The fourth-order valence-electron chi connectivity index (χ4n) is 1.67. The maximum Gasteiger partial charge on any atom is 0.308 e. The first-order valence-corrected chi connectivity index (χ1v) is 6.31. The van der Waals surface area contributed by atoms with Gasteiger partial charge in [0.25, 0.3) is 0 Å². The predicted molar refractivity (Wildman–Crippen MR) is 62.3 cm³/mol. The number of rotatable bonds is 7. The third-order valence-electron chi connectivity index (χ3n) is 2.71. The summed E-state index contributed by atoms with van der Waals surface area (Å²) in [4.78, 5) is 11.2. The van der Waals surface area contributed by atoms with Crippen molar-refractivity contribution < 1.29 is 14.3 Å². The molecule has 1 rings (SSSR count). The van der Waals surface area contributed by atoms with Crippen LogP contribution in [-0.2, 0) is 14.3 Å². The van der Waals surface area contributed by atoms with Crippen molar-refractivity contribution >= 4 is 5.97 Å². The molecule has 0 aromatic heterocycles. The lowest BCUT2D eigenvalue weighted by atomic mass is 10.1. The Bertz CT molecular complexity index is 191. The summed E-state index contributed by atoms with van der Waals surface area (Å²) >= 11 is 0. The average Bonchev–Trinajstić information content (AvgIpc) is 2.31. The molecular weight excluding hydrogens is 206 g/mol. The molecule has 0 unspecified atom stereocenters. The summed E-state index contributed by atoms with van der Waals surface area (Å²) in [5.74, 6) is -0.137. The van der Waals surface area contributed by atoms with Gasteiger partial charge in [0, 0.05) is 0 Å². The molecular formula is C12H23NO3. The molecule has 0 aromatic carbocycles. The van der Waals surface area contributed by atoms with Gasteiger partial charge in [-0.15, -0.1) is 0 Å². The molecule has 4 nitrogen and oxygen atoms in total. The van der Waals surface area contributed by atoms with Crippen LogP contribution in [0.15, 0.2) is 0 Å². The van der Waals surface area contributed by atoms with E-state index in [0.717, 1.165) is 38.8 Å². The van der Waals surface area contributed by atoms with Crippen LogP contribution in [0.2, 0.25) is 0 Å². The van der Waals surface area contributed by atoms with E-state index < -0.39 is 0 Å². The first-order valence-electron chi connectivity index (χ1n) is 6.31. The number of carbonyl (C=O) groups excluding carboxylic acids is 1. The van der Waals surface area contributed by atoms with Crippen LogP contribution in [0.4, 0.5) is 0 Å².